The predicted molar refractivity (Wildman–Crippen MR) is 62.7 cm³/mol. The maximum Gasteiger partial charge on any atom is 0.253 e. The minimum absolute atomic E-state index is 0.165. The molecule has 15 heavy (non-hydrogen) atoms. The van der Waals surface area contributed by atoms with Crippen LogP contribution >= 0.6 is 0 Å². The lowest BCUT2D eigenvalue weighted by Gasteiger charge is -1.99. The van der Waals surface area contributed by atoms with Gasteiger partial charge in [0.15, 0.2) is 0 Å². The molecule has 0 bridgehead atoms. The van der Waals surface area contributed by atoms with Crippen molar-refractivity contribution in [3.05, 3.63) is 24.3 Å². The first kappa shape index (κ1) is 12.0. The van der Waals surface area contributed by atoms with Crippen LogP contribution in [0.2, 0.25) is 0 Å². The molecule has 1 unspecified atom stereocenters. The molecule has 0 spiro atoms. The van der Waals surface area contributed by atoms with E-state index in [4.69, 9.17) is 11.2 Å². The van der Waals surface area contributed by atoms with Gasteiger partial charge in [-0.05, 0) is 27.8 Å². The maximum atomic E-state index is 11.2. The van der Waals surface area contributed by atoms with E-state index in [9.17, 15) is 4.79 Å². The third-order valence-corrected chi connectivity index (χ3v) is 2.36. The molecule has 1 amide bonds. The summed E-state index contributed by atoms with van der Waals surface area (Å²) in [4.78, 5) is 11.2. The van der Waals surface area contributed by atoms with Gasteiger partial charge < -0.3 is 4.57 Å². The summed E-state index contributed by atoms with van der Waals surface area (Å²) in [6.45, 7) is 2.44. The van der Waals surface area contributed by atoms with E-state index in [-0.39, 0.29) is 5.91 Å². The van der Waals surface area contributed by atoms with Crippen LogP contribution in [0.25, 0.3) is 0 Å². The SMILES string of the molecule is Cc1nncn1C/C=C/C(=O)NS(C)=S. The van der Waals surface area contributed by atoms with Gasteiger partial charge >= 0.3 is 0 Å². The molecule has 1 rings (SSSR count). The molecule has 0 saturated heterocycles. The molecule has 82 valence electrons. The van der Waals surface area contributed by atoms with Gasteiger partial charge in [0.2, 0.25) is 0 Å². The Morgan fingerprint density at radius 3 is 3.07 bits per heavy atom. The van der Waals surface area contributed by atoms with Crippen LogP contribution in [0.5, 0.6) is 0 Å². The third-order valence-electron chi connectivity index (χ3n) is 1.62. The Balaban J connectivity index is 2.43. The van der Waals surface area contributed by atoms with Crippen molar-refractivity contribution in [2.24, 2.45) is 0 Å². The van der Waals surface area contributed by atoms with Gasteiger partial charge in [-0.15, -0.1) is 10.2 Å². The fraction of sp³-hybridized carbons (Fsp3) is 0.375. The van der Waals surface area contributed by atoms with Crippen molar-refractivity contribution < 1.29 is 4.79 Å². The van der Waals surface area contributed by atoms with E-state index in [0.717, 1.165) is 5.82 Å². The zero-order valence-electron chi connectivity index (χ0n) is 8.51. The molecule has 0 saturated carbocycles. The van der Waals surface area contributed by atoms with Crippen molar-refractivity contribution in [2.45, 2.75) is 13.5 Å². The van der Waals surface area contributed by atoms with Crippen LogP contribution in [0.4, 0.5) is 0 Å². The summed E-state index contributed by atoms with van der Waals surface area (Å²) in [6, 6.07) is 0. The standard InChI is InChI=1S/C8H12N4OS2/c1-7-10-9-6-12(7)5-3-4-8(13)11-15(2)14/h3-4,6H,5H2,1-2H3,(H,11,13)/b4-3+. The molecule has 0 aliphatic carbocycles. The number of aryl methyl sites for hydroxylation is 1. The highest BCUT2D eigenvalue weighted by molar-refractivity contribution is 8.27. The van der Waals surface area contributed by atoms with Crippen LogP contribution in [0.1, 0.15) is 5.82 Å². The average Bonchev–Trinajstić information content (AvgIpc) is 2.50. The lowest BCUT2D eigenvalue weighted by molar-refractivity contribution is -0.114. The Morgan fingerprint density at radius 1 is 1.80 bits per heavy atom. The number of carbonyl (C=O) groups excluding carboxylic acids is 1. The smallest absolute Gasteiger partial charge is 0.253 e. The van der Waals surface area contributed by atoms with Crippen LogP contribution in [0.15, 0.2) is 18.5 Å². The van der Waals surface area contributed by atoms with E-state index >= 15 is 0 Å². The molecule has 7 heteroatoms. The van der Waals surface area contributed by atoms with Crippen molar-refractivity contribution in [3.63, 3.8) is 0 Å². The van der Waals surface area contributed by atoms with Crippen LogP contribution in [-0.2, 0) is 32.2 Å². The van der Waals surface area contributed by atoms with Crippen LogP contribution in [-0.4, -0.2) is 26.9 Å². The summed E-state index contributed by atoms with van der Waals surface area (Å²) in [5.74, 6) is 0.653. The number of aromatic nitrogens is 3. The van der Waals surface area contributed by atoms with Gasteiger partial charge in [0.05, 0.1) is 0 Å². The second kappa shape index (κ2) is 5.72. The zero-order chi connectivity index (χ0) is 11.3. The van der Waals surface area contributed by atoms with E-state index in [1.54, 1.807) is 18.7 Å². The largest absolute Gasteiger partial charge is 0.314 e. The van der Waals surface area contributed by atoms with Crippen LogP contribution in [0, 0.1) is 6.92 Å². The Hall–Kier alpha value is -1.08. The number of hydrogen-bond donors (Lipinski definition) is 1. The van der Waals surface area contributed by atoms with E-state index in [2.05, 4.69) is 14.9 Å². The number of carbonyl (C=O) groups is 1. The molecule has 0 aliphatic heterocycles. The number of nitrogens with zero attached hydrogens (tertiary/aromatic N) is 3. The van der Waals surface area contributed by atoms with Crippen LogP contribution in [0.3, 0.4) is 0 Å². The molecule has 0 fully saturated rings. The number of hydrogen-bond acceptors (Lipinski definition) is 4. The van der Waals surface area contributed by atoms with Gasteiger partial charge in [-0.3, -0.25) is 9.52 Å². The minimum atomic E-state index is -0.489. The quantitative estimate of drug-likeness (QED) is 0.750. The number of rotatable bonds is 4. The number of nitrogens with one attached hydrogen (secondary N) is 1. The maximum absolute atomic E-state index is 11.2. The van der Waals surface area contributed by atoms with Crippen molar-refractivity contribution >= 4 is 26.7 Å². The Morgan fingerprint density at radius 2 is 2.53 bits per heavy atom. The first-order chi connectivity index (χ1) is 7.09. The second-order valence-corrected chi connectivity index (χ2v) is 5.47. The Labute approximate surface area is 95.3 Å². The Bertz CT molecular complexity index is 399. The molecule has 1 aromatic heterocycles. The van der Waals surface area contributed by atoms with Crippen molar-refractivity contribution in [3.8, 4) is 0 Å². The first-order valence-corrected chi connectivity index (χ1v) is 6.80. The highest BCUT2D eigenvalue weighted by atomic mass is 32.8. The predicted octanol–water partition coefficient (Wildman–Crippen LogP) is -0.116. The van der Waals surface area contributed by atoms with E-state index < -0.39 is 9.64 Å². The topological polar surface area (TPSA) is 59.8 Å². The summed E-state index contributed by atoms with van der Waals surface area (Å²) in [6.07, 6.45) is 6.60. The molecule has 1 heterocycles. The molecule has 1 aromatic rings. The monoisotopic (exact) mass is 244 g/mol. The van der Waals surface area contributed by atoms with E-state index in [0.29, 0.717) is 6.54 Å². The summed E-state index contributed by atoms with van der Waals surface area (Å²) in [5, 5.41) is 7.56. The number of amides is 1. The molecule has 0 radical (unpaired) electrons. The van der Waals surface area contributed by atoms with Crippen LogP contribution < -0.4 is 4.72 Å². The highest BCUT2D eigenvalue weighted by Gasteiger charge is 1.96. The van der Waals surface area contributed by atoms with Crippen molar-refractivity contribution in [1.29, 1.82) is 0 Å². The summed E-state index contributed by atoms with van der Waals surface area (Å²) < 4.78 is 4.45. The van der Waals surface area contributed by atoms with Crippen molar-refractivity contribution in [2.75, 3.05) is 6.26 Å². The van der Waals surface area contributed by atoms with Gasteiger partial charge in [0.25, 0.3) is 5.91 Å². The summed E-state index contributed by atoms with van der Waals surface area (Å²) in [5.41, 5.74) is 0. The number of allylic oxidation sites excluding steroid dienone is 1. The summed E-state index contributed by atoms with van der Waals surface area (Å²) >= 11 is 4.84. The molecule has 5 nitrogen and oxygen atoms in total. The van der Waals surface area contributed by atoms with Crippen molar-refractivity contribution in [1.82, 2.24) is 19.5 Å². The van der Waals surface area contributed by atoms with Gasteiger partial charge in [-0.2, -0.15) is 0 Å². The molecule has 1 atom stereocenters. The Kier molecular flexibility index (Phi) is 4.57. The van der Waals surface area contributed by atoms with E-state index in [1.165, 1.54) is 6.08 Å². The van der Waals surface area contributed by atoms with Gasteiger partial charge in [-0.1, -0.05) is 6.08 Å². The van der Waals surface area contributed by atoms with Gasteiger partial charge in [-0.25, -0.2) is 0 Å². The average molecular weight is 244 g/mol. The summed E-state index contributed by atoms with van der Waals surface area (Å²) in [7, 11) is -0.489. The lowest BCUT2D eigenvalue weighted by atomic mass is 10.4. The van der Waals surface area contributed by atoms with Gasteiger partial charge in [0, 0.05) is 18.9 Å². The normalized spacial score (nSPS) is 12.9. The highest BCUT2D eigenvalue weighted by Crippen LogP contribution is 1.92. The molecule has 0 aliphatic rings. The van der Waals surface area contributed by atoms with E-state index in [1.807, 2.05) is 11.5 Å². The fourth-order valence-corrected chi connectivity index (χ4v) is 1.54. The molecular weight excluding hydrogens is 232 g/mol. The molecular formula is C8H12N4OS2. The fourth-order valence-electron chi connectivity index (χ4n) is 0.941. The zero-order valence-corrected chi connectivity index (χ0v) is 10.1. The lowest BCUT2D eigenvalue weighted by Crippen LogP contribution is -2.21. The van der Waals surface area contributed by atoms with Gasteiger partial charge in [0.1, 0.15) is 12.2 Å². The molecule has 1 N–H and O–H groups in total. The second-order valence-electron chi connectivity index (χ2n) is 2.85. The minimum Gasteiger partial charge on any atom is -0.314 e. The third kappa shape index (κ3) is 4.30. The first-order valence-electron chi connectivity index (χ1n) is 4.24. The molecule has 0 aromatic carbocycles.